The van der Waals surface area contributed by atoms with Gasteiger partial charge in [-0.05, 0) is 17.4 Å². The number of hydrogen-bond donors (Lipinski definition) is 1. The van der Waals surface area contributed by atoms with Gasteiger partial charge >= 0.3 is 5.97 Å². The number of hydrogen-bond acceptors (Lipinski definition) is 3. The molecule has 0 fully saturated rings. The number of carbonyl (C=O) groups is 1. The smallest absolute Gasteiger partial charge is 0.310 e. The maximum atomic E-state index is 11.2. The summed E-state index contributed by atoms with van der Waals surface area (Å²) in [5.74, 6) is -0.185. The summed E-state index contributed by atoms with van der Waals surface area (Å²) in [6, 6.07) is 9.63. The molecule has 2 aromatic carbocycles. The number of esters is 1. The number of fused-ring (bicyclic) bond motifs is 1. The Labute approximate surface area is 106 Å². The lowest BCUT2D eigenvalue weighted by Crippen LogP contribution is -2.04. The zero-order valence-electron chi connectivity index (χ0n) is 10.6. The molecule has 0 aliphatic rings. The number of ether oxygens (including phenoxy) is 1. The highest BCUT2D eigenvalue weighted by atomic mass is 16.5. The third kappa shape index (κ3) is 2.30. The summed E-state index contributed by atoms with van der Waals surface area (Å²) in [5.41, 5.74) is 1.82. The lowest BCUT2D eigenvalue weighted by Gasteiger charge is -2.08. The second kappa shape index (κ2) is 5.08. The second-order valence-corrected chi connectivity index (χ2v) is 4.24. The zero-order chi connectivity index (χ0) is 13.1. The van der Waals surface area contributed by atoms with Crippen molar-refractivity contribution in [1.29, 1.82) is 0 Å². The number of methoxy groups -OCH3 is 1. The third-order valence-corrected chi connectivity index (χ3v) is 3.11. The first-order valence-corrected chi connectivity index (χ1v) is 5.96. The van der Waals surface area contributed by atoms with Gasteiger partial charge in [0, 0.05) is 10.9 Å². The minimum absolute atomic E-state index is 0.0911. The maximum absolute atomic E-state index is 11.2. The summed E-state index contributed by atoms with van der Waals surface area (Å²) in [7, 11) is 1.34. The molecule has 0 aliphatic carbocycles. The van der Waals surface area contributed by atoms with Gasteiger partial charge in [0.25, 0.3) is 0 Å². The van der Waals surface area contributed by atoms with Crippen LogP contribution in [0.4, 0.5) is 0 Å². The Hall–Kier alpha value is -2.03. The highest BCUT2D eigenvalue weighted by Gasteiger charge is 2.10. The molecular formula is C15H16O3. The monoisotopic (exact) mass is 244 g/mol. The van der Waals surface area contributed by atoms with Crippen molar-refractivity contribution in [3.63, 3.8) is 0 Å². The minimum atomic E-state index is -0.352. The van der Waals surface area contributed by atoms with Gasteiger partial charge in [-0.3, -0.25) is 4.79 Å². The van der Waals surface area contributed by atoms with Gasteiger partial charge in [-0.15, -0.1) is 0 Å². The Morgan fingerprint density at radius 3 is 2.72 bits per heavy atom. The van der Waals surface area contributed by atoms with Crippen LogP contribution in [0.3, 0.4) is 0 Å². The fourth-order valence-corrected chi connectivity index (χ4v) is 2.00. The van der Waals surface area contributed by atoms with E-state index < -0.39 is 0 Å². The fourth-order valence-electron chi connectivity index (χ4n) is 2.00. The number of carbonyl (C=O) groups excluding carboxylic acids is 1. The van der Waals surface area contributed by atoms with E-state index in [1.54, 1.807) is 6.07 Å². The molecule has 0 saturated heterocycles. The van der Waals surface area contributed by atoms with Crippen molar-refractivity contribution in [2.75, 3.05) is 7.11 Å². The van der Waals surface area contributed by atoms with E-state index in [2.05, 4.69) is 17.7 Å². The van der Waals surface area contributed by atoms with Crippen molar-refractivity contribution in [3.05, 3.63) is 41.5 Å². The first-order valence-electron chi connectivity index (χ1n) is 5.96. The van der Waals surface area contributed by atoms with Crippen LogP contribution in [0.25, 0.3) is 10.8 Å². The van der Waals surface area contributed by atoms with Crippen LogP contribution in [-0.4, -0.2) is 18.2 Å². The summed E-state index contributed by atoms with van der Waals surface area (Å²) >= 11 is 0. The molecule has 0 aliphatic heterocycles. The molecule has 0 bridgehead atoms. The molecule has 2 aromatic rings. The van der Waals surface area contributed by atoms with Crippen LogP contribution in [0.5, 0.6) is 5.75 Å². The lowest BCUT2D eigenvalue weighted by molar-refractivity contribution is -0.139. The number of phenols is 1. The Morgan fingerprint density at radius 2 is 2.06 bits per heavy atom. The van der Waals surface area contributed by atoms with Crippen molar-refractivity contribution in [2.24, 2.45) is 0 Å². The molecule has 3 heteroatoms. The number of phenolic OH excluding ortho intramolecular Hbond substituents is 1. The van der Waals surface area contributed by atoms with E-state index >= 15 is 0 Å². The Balaban J connectivity index is 2.47. The lowest BCUT2D eigenvalue weighted by atomic mass is 10.0. The topological polar surface area (TPSA) is 46.5 Å². The summed E-state index contributed by atoms with van der Waals surface area (Å²) in [6.07, 6.45) is 1.05. The largest absolute Gasteiger partial charge is 0.507 e. The number of aryl methyl sites for hydroxylation is 1. The summed E-state index contributed by atoms with van der Waals surface area (Å²) in [6.45, 7) is 2.09. The predicted molar refractivity (Wildman–Crippen MR) is 70.7 cm³/mol. The van der Waals surface area contributed by atoms with Gasteiger partial charge in [0.15, 0.2) is 0 Å². The van der Waals surface area contributed by atoms with Crippen molar-refractivity contribution < 1.29 is 14.6 Å². The molecule has 0 unspecified atom stereocenters. The van der Waals surface area contributed by atoms with Crippen LogP contribution in [0, 0.1) is 0 Å². The van der Waals surface area contributed by atoms with Crippen LogP contribution in [0.2, 0.25) is 0 Å². The summed E-state index contributed by atoms with van der Waals surface area (Å²) < 4.78 is 4.61. The minimum Gasteiger partial charge on any atom is -0.507 e. The molecule has 1 N–H and O–H groups in total. The van der Waals surface area contributed by atoms with Crippen molar-refractivity contribution >= 4 is 16.7 Å². The zero-order valence-corrected chi connectivity index (χ0v) is 10.6. The molecule has 94 valence electrons. The number of benzene rings is 2. The fraction of sp³-hybridized carbons (Fsp3) is 0.267. The SMILES string of the molecule is CCc1ccc2c(O)c(CC(=O)OC)ccc2c1. The van der Waals surface area contributed by atoms with E-state index in [-0.39, 0.29) is 18.1 Å². The van der Waals surface area contributed by atoms with E-state index in [1.807, 2.05) is 18.2 Å². The van der Waals surface area contributed by atoms with E-state index in [9.17, 15) is 9.90 Å². The molecule has 0 spiro atoms. The average Bonchev–Trinajstić information content (AvgIpc) is 2.41. The standard InChI is InChI=1S/C15H16O3/c1-3-10-4-7-13-11(8-10)5-6-12(15(13)17)9-14(16)18-2/h4-8,17H,3,9H2,1-2H3. The summed E-state index contributed by atoms with van der Waals surface area (Å²) in [4.78, 5) is 11.2. The van der Waals surface area contributed by atoms with Crippen LogP contribution < -0.4 is 0 Å². The van der Waals surface area contributed by atoms with Crippen molar-refractivity contribution in [3.8, 4) is 5.75 Å². The van der Waals surface area contributed by atoms with E-state index in [0.29, 0.717) is 5.56 Å². The second-order valence-electron chi connectivity index (χ2n) is 4.24. The molecule has 18 heavy (non-hydrogen) atoms. The van der Waals surface area contributed by atoms with Gasteiger partial charge in [-0.25, -0.2) is 0 Å². The normalized spacial score (nSPS) is 10.6. The average molecular weight is 244 g/mol. The molecular weight excluding hydrogens is 228 g/mol. The summed E-state index contributed by atoms with van der Waals surface area (Å²) in [5, 5.41) is 11.9. The molecule has 2 rings (SSSR count). The van der Waals surface area contributed by atoms with Crippen LogP contribution in [0.1, 0.15) is 18.1 Å². The molecule has 0 radical (unpaired) electrons. The van der Waals surface area contributed by atoms with Gasteiger partial charge in [0.05, 0.1) is 13.5 Å². The molecule has 3 nitrogen and oxygen atoms in total. The first kappa shape index (κ1) is 12.4. The third-order valence-electron chi connectivity index (χ3n) is 3.11. The maximum Gasteiger partial charge on any atom is 0.310 e. The van der Waals surface area contributed by atoms with Gasteiger partial charge < -0.3 is 9.84 Å². The van der Waals surface area contributed by atoms with Crippen LogP contribution in [-0.2, 0) is 22.4 Å². The Kier molecular flexibility index (Phi) is 3.51. The van der Waals surface area contributed by atoms with Gasteiger partial charge in [0.1, 0.15) is 5.75 Å². The Bertz CT molecular complexity index is 588. The van der Waals surface area contributed by atoms with E-state index in [0.717, 1.165) is 17.2 Å². The van der Waals surface area contributed by atoms with Gasteiger partial charge in [0.2, 0.25) is 0 Å². The van der Waals surface area contributed by atoms with Gasteiger partial charge in [-0.2, -0.15) is 0 Å². The highest BCUT2D eigenvalue weighted by molar-refractivity contribution is 5.91. The van der Waals surface area contributed by atoms with Crippen molar-refractivity contribution in [2.45, 2.75) is 19.8 Å². The molecule has 0 amide bonds. The predicted octanol–water partition coefficient (Wildman–Crippen LogP) is 2.82. The van der Waals surface area contributed by atoms with E-state index in [4.69, 9.17) is 0 Å². The molecule has 0 atom stereocenters. The van der Waals surface area contributed by atoms with Gasteiger partial charge in [-0.1, -0.05) is 37.3 Å². The Morgan fingerprint density at radius 1 is 1.28 bits per heavy atom. The molecule has 0 aromatic heterocycles. The number of rotatable bonds is 3. The van der Waals surface area contributed by atoms with Crippen LogP contribution >= 0.6 is 0 Å². The highest BCUT2D eigenvalue weighted by Crippen LogP contribution is 2.30. The van der Waals surface area contributed by atoms with E-state index in [1.165, 1.54) is 12.7 Å². The molecule has 0 saturated carbocycles. The van der Waals surface area contributed by atoms with Crippen LogP contribution in [0.15, 0.2) is 30.3 Å². The number of aromatic hydroxyl groups is 1. The molecule has 0 heterocycles. The van der Waals surface area contributed by atoms with Crippen molar-refractivity contribution in [1.82, 2.24) is 0 Å². The quantitative estimate of drug-likeness (QED) is 0.844. The first-order chi connectivity index (χ1) is 8.65.